The van der Waals surface area contributed by atoms with Gasteiger partial charge in [-0.05, 0) is 42.1 Å². The average Bonchev–Trinajstić information content (AvgIpc) is 2.97. The lowest BCUT2D eigenvalue weighted by molar-refractivity contribution is -0.385. The Labute approximate surface area is 174 Å². The molecule has 0 spiro atoms. The summed E-state index contributed by atoms with van der Waals surface area (Å²) in [4.78, 5) is 47.8. The molecule has 10 nitrogen and oxygen atoms in total. The molecule has 0 saturated carbocycles. The molecule has 2 aromatic carbocycles. The molecule has 0 aromatic heterocycles. The van der Waals surface area contributed by atoms with Gasteiger partial charge in [0.25, 0.3) is 11.1 Å². The summed E-state index contributed by atoms with van der Waals surface area (Å²) >= 11 is 0.574. The maximum atomic E-state index is 12.5. The van der Waals surface area contributed by atoms with E-state index in [9.17, 15) is 29.6 Å². The topological polar surface area (TPSA) is 139 Å². The fourth-order valence-electron chi connectivity index (χ4n) is 2.61. The number of phenolic OH excluding ortho intramolecular Hbond substituents is 1. The average molecular weight is 429 g/mol. The molecule has 1 fully saturated rings. The summed E-state index contributed by atoms with van der Waals surface area (Å²) in [7, 11) is 1.51. The van der Waals surface area contributed by atoms with Crippen molar-refractivity contribution in [2.75, 3.05) is 19.0 Å². The van der Waals surface area contributed by atoms with Crippen LogP contribution in [-0.4, -0.2) is 45.6 Å². The highest BCUT2D eigenvalue weighted by atomic mass is 32.2. The fraction of sp³-hybridized carbons (Fsp3) is 0.105. The Morgan fingerprint density at radius 2 is 1.97 bits per heavy atom. The zero-order valence-corrected chi connectivity index (χ0v) is 16.3. The molecule has 0 atom stereocenters. The Morgan fingerprint density at radius 3 is 2.60 bits per heavy atom. The van der Waals surface area contributed by atoms with E-state index in [0.29, 0.717) is 23.2 Å². The molecule has 154 valence electrons. The number of benzene rings is 2. The number of rotatable bonds is 6. The molecule has 0 unspecified atom stereocenters. The van der Waals surface area contributed by atoms with E-state index in [-0.39, 0.29) is 10.5 Å². The first kappa shape index (κ1) is 20.9. The van der Waals surface area contributed by atoms with E-state index in [4.69, 9.17) is 4.74 Å². The molecule has 11 heteroatoms. The summed E-state index contributed by atoms with van der Waals surface area (Å²) < 4.78 is 5.02. The van der Waals surface area contributed by atoms with Gasteiger partial charge in [-0.3, -0.25) is 29.4 Å². The molecule has 3 amide bonds. The minimum Gasteiger partial charge on any atom is -0.502 e. The number of phenols is 1. The van der Waals surface area contributed by atoms with Crippen LogP contribution in [0.4, 0.5) is 16.2 Å². The van der Waals surface area contributed by atoms with Crippen molar-refractivity contribution in [3.63, 3.8) is 0 Å². The highest BCUT2D eigenvalue weighted by Crippen LogP contribution is 2.36. The van der Waals surface area contributed by atoms with Gasteiger partial charge in [0.1, 0.15) is 12.3 Å². The quantitative estimate of drug-likeness (QED) is 0.406. The number of nitrogens with one attached hydrogen (secondary N) is 1. The van der Waals surface area contributed by atoms with Crippen LogP contribution in [0, 0.1) is 10.1 Å². The Hall–Kier alpha value is -3.86. The number of carbonyl (C=O) groups excluding carboxylic acids is 3. The van der Waals surface area contributed by atoms with Crippen LogP contribution in [0.1, 0.15) is 5.56 Å². The summed E-state index contributed by atoms with van der Waals surface area (Å²) in [5, 5.41) is 22.8. The number of thioether (sulfide) groups is 1. The van der Waals surface area contributed by atoms with Crippen LogP contribution in [0.15, 0.2) is 47.4 Å². The second-order valence-electron chi connectivity index (χ2n) is 6.02. The number of hydrogen-bond acceptors (Lipinski definition) is 8. The van der Waals surface area contributed by atoms with Crippen molar-refractivity contribution >= 4 is 46.3 Å². The van der Waals surface area contributed by atoms with E-state index >= 15 is 0 Å². The summed E-state index contributed by atoms with van der Waals surface area (Å²) in [5.41, 5.74) is -0.0518. The largest absolute Gasteiger partial charge is 0.502 e. The van der Waals surface area contributed by atoms with Gasteiger partial charge >= 0.3 is 5.69 Å². The number of imide groups is 1. The van der Waals surface area contributed by atoms with Gasteiger partial charge in [0.2, 0.25) is 11.7 Å². The third-order valence-corrected chi connectivity index (χ3v) is 4.99. The highest BCUT2D eigenvalue weighted by molar-refractivity contribution is 8.18. The van der Waals surface area contributed by atoms with Crippen LogP contribution >= 0.6 is 11.8 Å². The van der Waals surface area contributed by atoms with Crippen molar-refractivity contribution in [2.45, 2.75) is 0 Å². The summed E-state index contributed by atoms with van der Waals surface area (Å²) in [6, 6.07) is 10.3. The van der Waals surface area contributed by atoms with Crippen LogP contribution < -0.4 is 10.1 Å². The normalized spacial score (nSPS) is 14.8. The smallest absolute Gasteiger partial charge is 0.311 e. The van der Waals surface area contributed by atoms with Crippen LogP contribution in [-0.2, 0) is 9.59 Å². The second kappa shape index (κ2) is 8.66. The van der Waals surface area contributed by atoms with Crippen LogP contribution in [0.25, 0.3) is 6.08 Å². The van der Waals surface area contributed by atoms with Gasteiger partial charge in [0, 0.05) is 17.3 Å². The summed E-state index contributed by atoms with van der Waals surface area (Å²) in [5.74, 6) is -1.33. The van der Waals surface area contributed by atoms with Crippen molar-refractivity contribution in [2.24, 2.45) is 0 Å². The maximum Gasteiger partial charge on any atom is 0.311 e. The number of aromatic hydroxyl groups is 1. The monoisotopic (exact) mass is 429 g/mol. The van der Waals surface area contributed by atoms with E-state index in [1.54, 1.807) is 24.3 Å². The highest BCUT2D eigenvalue weighted by Gasteiger charge is 2.36. The predicted molar refractivity (Wildman–Crippen MR) is 109 cm³/mol. The zero-order chi connectivity index (χ0) is 21.8. The molecule has 1 aliphatic rings. The SMILES string of the molecule is COc1ccc(NC(=O)CN2C(=O)S/C(=C/c3cccc([N+](=O)[O-])c3O)C2=O)cc1. The lowest BCUT2D eigenvalue weighted by atomic mass is 10.1. The molecule has 0 radical (unpaired) electrons. The first-order chi connectivity index (χ1) is 14.3. The minimum atomic E-state index is -0.762. The first-order valence-electron chi connectivity index (χ1n) is 8.46. The van der Waals surface area contributed by atoms with Crippen LogP contribution in [0.2, 0.25) is 0 Å². The molecule has 0 aliphatic carbocycles. The number of carbonyl (C=O) groups is 3. The Balaban J connectivity index is 1.73. The van der Waals surface area contributed by atoms with E-state index in [1.165, 1.54) is 25.3 Å². The minimum absolute atomic E-state index is 0.0115. The van der Waals surface area contributed by atoms with Crippen molar-refractivity contribution in [1.29, 1.82) is 0 Å². The number of methoxy groups -OCH3 is 1. The number of anilines is 1. The van der Waals surface area contributed by atoms with E-state index in [1.807, 2.05) is 0 Å². The number of nitro groups is 1. The predicted octanol–water partition coefficient (Wildman–Crippen LogP) is 2.98. The van der Waals surface area contributed by atoms with Crippen molar-refractivity contribution in [3.05, 3.63) is 63.0 Å². The van der Waals surface area contributed by atoms with Crippen molar-refractivity contribution in [3.8, 4) is 11.5 Å². The van der Waals surface area contributed by atoms with E-state index in [2.05, 4.69) is 5.32 Å². The van der Waals surface area contributed by atoms with Crippen LogP contribution in [0.5, 0.6) is 11.5 Å². The number of amides is 3. The third kappa shape index (κ3) is 4.41. The van der Waals surface area contributed by atoms with Gasteiger partial charge in [-0.25, -0.2) is 0 Å². The van der Waals surface area contributed by atoms with Gasteiger partial charge < -0.3 is 15.2 Å². The number of nitro benzene ring substituents is 1. The van der Waals surface area contributed by atoms with Gasteiger partial charge in [0.05, 0.1) is 16.9 Å². The number of hydrogen-bond donors (Lipinski definition) is 2. The summed E-state index contributed by atoms with van der Waals surface area (Å²) in [6.45, 7) is -0.505. The van der Waals surface area contributed by atoms with Gasteiger partial charge in [0.15, 0.2) is 0 Å². The number of nitrogens with zero attached hydrogens (tertiary/aromatic N) is 2. The van der Waals surface area contributed by atoms with Crippen LogP contribution in [0.3, 0.4) is 0 Å². The molecule has 30 heavy (non-hydrogen) atoms. The molecule has 3 rings (SSSR count). The Kier molecular flexibility index (Phi) is 6.02. The van der Waals surface area contributed by atoms with E-state index < -0.39 is 40.0 Å². The third-order valence-electron chi connectivity index (χ3n) is 4.08. The van der Waals surface area contributed by atoms with E-state index in [0.717, 1.165) is 11.0 Å². The lowest BCUT2D eigenvalue weighted by Gasteiger charge is -2.12. The molecule has 1 aliphatic heterocycles. The van der Waals surface area contributed by atoms with Gasteiger partial charge in [-0.2, -0.15) is 0 Å². The molecular weight excluding hydrogens is 414 g/mol. The van der Waals surface area contributed by atoms with Crippen molar-refractivity contribution < 1.29 is 29.2 Å². The zero-order valence-electron chi connectivity index (χ0n) is 15.5. The fourth-order valence-corrected chi connectivity index (χ4v) is 3.44. The van der Waals surface area contributed by atoms with Gasteiger partial charge in [-0.1, -0.05) is 12.1 Å². The maximum absolute atomic E-state index is 12.5. The first-order valence-corrected chi connectivity index (χ1v) is 9.27. The second-order valence-corrected chi connectivity index (χ2v) is 7.01. The molecule has 1 saturated heterocycles. The molecule has 1 heterocycles. The number of para-hydroxylation sites is 1. The molecule has 2 aromatic rings. The molecular formula is C19H15N3O7S. The van der Waals surface area contributed by atoms with Gasteiger partial charge in [-0.15, -0.1) is 0 Å². The Bertz CT molecular complexity index is 1070. The summed E-state index contributed by atoms with van der Waals surface area (Å²) in [6.07, 6.45) is 1.18. The number of ether oxygens (including phenoxy) is 1. The molecule has 2 N–H and O–H groups in total. The lowest BCUT2D eigenvalue weighted by Crippen LogP contribution is -2.36. The van der Waals surface area contributed by atoms with Crippen molar-refractivity contribution in [1.82, 2.24) is 4.90 Å². The Morgan fingerprint density at radius 1 is 1.27 bits per heavy atom. The molecule has 0 bridgehead atoms. The standard InChI is InChI=1S/C19H15N3O7S/c1-29-13-7-5-12(6-8-13)20-16(23)10-21-18(25)15(30-19(21)26)9-11-3-2-4-14(17(11)24)22(27)28/h2-9,24H,10H2,1H3,(H,20,23)/b15-9+.